The van der Waals surface area contributed by atoms with Gasteiger partial charge in [-0.3, -0.25) is 9.59 Å². The van der Waals surface area contributed by atoms with E-state index in [1.54, 1.807) is 12.1 Å². The van der Waals surface area contributed by atoms with E-state index in [1.807, 2.05) is 19.1 Å². The summed E-state index contributed by atoms with van der Waals surface area (Å²) >= 11 is 3.31. The van der Waals surface area contributed by atoms with Crippen LogP contribution in [0.5, 0.6) is 5.75 Å². The average molecular weight is 344 g/mol. The number of benzene rings is 1. The number of hydrogen-bond acceptors (Lipinski definition) is 3. The fourth-order valence-electron chi connectivity index (χ4n) is 1.73. The lowest BCUT2D eigenvalue weighted by Crippen LogP contribution is -2.39. The van der Waals surface area contributed by atoms with Gasteiger partial charge in [-0.1, -0.05) is 29.3 Å². The summed E-state index contributed by atoms with van der Waals surface area (Å²) in [5, 5.41) is 11.4. The van der Waals surface area contributed by atoms with Crippen molar-refractivity contribution in [2.45, 2.75) is 32.2 Å². The number of carboxylic acid groups (broad SMARTS) is 1. The number of hydrogen-bond donors (Lipinski definition) is 2. The van der Waals surface area contributed by atoms with Gasteiger partial charge in [0.15, 0.2) is 6.61 Å². The minimum atomic E-state index is -0.919. The standard InChI is InChI=1S/C14H18BrNO4/c1-2-3-11(8-14(18)19)16-13(17)9-20-12-6-4-10(15)5-7-12/h4-7,11H,2-3,8-9H2,1H3,(H,16,17)(H,18,19). The van der Waals surface area contributed by atoms with Crippen LogP contribution in [0.4, 0.5) is 0 Å². The van der Waals surface area contributed by atoms with Crippen molar-refractivity contribution in [3.8, 4) is 5.75 Å². The number of nitrogens with one attached hydrogen (secondary N) is 1. The van der Waals surface area contributed by atoms with E-state index in [1.165, 1.54) is 0 Å². The number of ether oxygens (including phenoxy) is 1. The molecule has 20 heavy (non-hydrogen) atoms. The van der Waals surface area contributed by atoms with Gasteiger partial charge in [0.2, 0.25) is 0 Å². The molecule has 1 amide bonds. The summed E-state index contributed by atoms with van der Waals surface area (Å²) in [5.74, 6) is -0.640. The molecular weight excluding hydrogens is 326 g/mol. The molecule has 0 fully saturated rings. The van der Waals surface area contributed by atoms with E-state index >= 15 is 0 Å². The van der Waals surface area contributed by atoms with Crippen LogP contribution in [0.15, 0.2) is 28.7 Å². The predicted octanol–water partition coefficient (Wildman–Crippen LogP) is 2.59. The molecule has 0 aliphatic carbocycles. The van der Waals surface area contributed by atoms with Crippen molar-refractivity contribution in [1.29, 1.82) is 0 Å². The molecule has 0 saturated heterocycles. The summed E-state index contributed by atoms with van der Waals surface area (Å²) in [5.41, 5.74) is 0. The molecule has 0 aliphatic rings. The summed E-state index contributed by atoms with van der Waals surface area (Å²) in [4.78, 5) is 22.4. The number of halogens is 1. The monoisotopic (exact) mass is 343 g/mol. The van der Waals surface area contributed by atoms with Gasteiger partial charge in [0.1, 0.15) is 5.75 Å². The van der Waals surface area contributed by atoms with Crippen LogP contribution >= 0.6 is 15.9 Å². The molecule has 5 nitrogen and oxygen atoms in total. The molecule has 0 radical (unpaired) electrons. The normalized spacial score (nSPS) is 11.7. The third-order valence-corrected chi connectivity index (χ3v) is 3.14. The Hall–Kier alpha value is -1.56. The van der Waals surface area contributed by atoms with Crippen molar-refractivity contribution in [3.05, 3.63) is 28.7 Å². The first-order chi connectivity index (χ1) is 9.51. The first-order valence-electron chi connectivity index (χ1n) is 6.40. The molecule has 1 atom stereocenters. The molecule has 2 N–H and O–H groups in total. The highest BCUT2D eigenvalue weighted by molar-refractivity contribution is 9.10. The van der Waals surface area contributed by atoms with Crippen LogP contribution in [-0.4, -0.2) is 29.6 Å². The van der Waals surface area contributed by atoms with Gasteiger partial charge in [0.25, 0.3) is 5.91 Å². The second kappa shape index (κ2) is 8.58. The van der Waals surface area contributed by atoms with Gasteiger partial charge in [0, 0.05) is 10.5 Å². The van der Waals surface area contributed by atoms with Crippen molar-refractivity contribution in [2.75, 3.05) is 6.61 Å². The quantitative estimate of drug-likeness (QED) is 0.760. The highest BCUT2D eigenvalue weighted by atomic mass is 79.9. The molecule has 0 aromatic heterocycles. The third kappa shape index (κ3) is 6.56. The first kappa shape index (κ1) is 16.5. The fourth-order valence-corrected chi connectivity index (χ4v) is 2.00. The molecule has 6 heteroatoms. The summed E-state index contributed by atoms with van der Waals surface area (Å²) in [6.45, 7) is 1.82. The van der Waals surface area contributed by atoms with Gasteiger partial charge < -0.3 is 15.2 Å². The Balaban J connectivity index is 2.41. The van der Waals surface area contributed by atoms with E-state index in [2.05, 4.69) is 21.2 Å². The van der Waals surface area contributed by atoms with Crippen LogP contribution in [0.1, 0.15) is 26.2 Å². The summed E-state index contributed by atoms with van der Waals surface area (Å²) < 4.78 is 6.26. The minimum Gasteiger partial charge on any atom is -0.484 e. The highest BCUT2D eigenvalue weighted by Crippen LogP contribution is 2.15. The molecule has 0 heterocycles. The van der Waals surface area contributed by atoms with E-state index in [4.69, 9.17) is 9.84 Å². The summed E-state index contributed by atoms with van der Waals surface area (Å²) in [6.07, 6.45) is 1.37. The zero-order valence-electron chi connectivity index (χ0n) is 11.3. The Labute approximate surface area is 126 Å². The van der Waals surface area contributed by atoms with Crippen molar-refractivity contribution in [1.82, 2.24) is 5.32 Å². The Morgan fingerprint density at radius 2 is 2.00 bits per heavy atom. The smallest absolute Gasteiger partial charge is 0.305 e. The van der Waals surface area contributed by atoms with E-state index in [9.17, 15) is 9.59 Å². The highest BCUT2D eigenvalue weighted by Gasteiger charge is 2.15. The molecule has 0 aliphatic heterocycles. The van der Waals surface area contributed by atoms with Crippen LogP contribution in [0.2, 0.25) is 0 Å². The molecule has 0 spiro atoms. The SMILES string of the molecule is CCCC(CC(=O)O)NC(=O)COc1ccc(Br)cc1. The van der Waals surface area contributed by atoms with E-state index in [-0.39, 0.29) is 25.0 Å². The Kier molecular flexibility index (Phi) is 7.08. The Morgan fingerprint density at radius 3 is 2.55 bits per heavy atom. The minimum absolute atomic E-state index is 0.0716. The number of carbonyl (C=O) groups is 2. The summed E-state index contributed by atoms with van der Waals surface area (Å²) in [6, 6.07) is 6.78. The molecule has 1 aromatic rings. The predicted molar refractivity (Wildman–Crippen MR) is 78.7 cm³/mol. The van der Waals surface area contributed by atoms with Gasteiger partial charge in [0.05, 0.1) is 6.42 Å². The average Bonchev–Trinajstić information content (AvgIpc) is 2.37. The van der Waals surface area contributed by atoms with Gasteiger partial charge in [-0.05, 0) is 30.7 Å². The topological polar surface area (TPSA) is 75.6 Å². The third-order valence-electron chi connectivity index (χ3n) is 2.61. The lowest BCUT2D eigenvalue weighted by Gasteiger charge is -2.16. The van der Waals surface area contributed by atoms with Crippen molar-refractivity contribution < 1.29 is 19.4 Å². The number of carboxylic acids is 1. The van der Waals surface area contributed by atoms with Crippen LogP contribution < -0.4 is 10.1 Å². The number of carbonyl (C=O) groups excluding carboxylic acids is 1. The zero-order valence-corrected chi connectivity index (χ0v) is 12.9. The van der Waals surface area contributed by atoms with Crippen LogP contribution in [0.25, 0.3) is 0 Å². The Morgan fingerprint density at radius 1 is 1.35 bits per heavy atom. The molecule has 0 saturated carbocycles. The second-order valence-corrected chi connectivity index (χ2v) is 5.31. The van der Waals surface area contributed by atoms with E-state index in [0.717, 1.165) is 10.9 Å². The second-order valence-electron chi connectivity index (χ2n) is 4.39. The number of amides is 1. The van der Waals surface area contributed by atoms with E-state index in [0.29, 0.717) is 12.2 Å². The van der Waals surface area contributed by atoms with Crippen molar-refractivity contribution >= 4 is 27.8 Å². The van der Waals surface area contributed by atoms with Crippen molar-refractivity contribution in [2.24, 2.45) is 0 Å². The Bertz CT molecular complexity index is 447. The fraction of sp³-hybridized carbons (Fsp3) is 0.429. The molecule has 1 unspecified atom stereocenters. The largest absolute Gasteiger partial charge is 0.484 e. The van der Waals surface area contributed by atoms with Crippen LogP contribution in [0, 0.1) is 0 Å². The molecule has 1 aromatic carbocycles. The zero-order chi connectivity index (χ0) is 15.0. The number of rotatable bonds is 8. The van der Waals surface area contributed by atoms with Crippen molar-refractivity contribution in [3.63, 3.8) is 0 Å². The first-order valence-corrected chi connectivity index (χ1v) is 7.20. The van der Waals surface area contributed by atoms with Crippen LogP contribution in [0.3, 0.4) is 0 Å². The molecule has 0 bridgehead atoms. The van der Waals surface area contributed by atoms with Gasteiger partial charge >= 0.3 is 5.97 Å². The lowest BCUT2D eigenvalue weighted by molar-refractivity contribution is -0.137. The molecular formula is C14H18BrNO4. The lowest BCUT2D eigenvalue weighted by atomic mass is 10.1. The maximum absolute atomic E-state index is 11.7. The van der Waals surface area contributed by atoms with E-state index < -0.39 is 5.97 Å². The summed E-state index contributed by atoms with van der Waals surface area (Å²) in [7, 11) is 0. The maximum atomic E-state index is 11.7. The van der Waals surface area contributed by atoms with Gasteiger partial charge in [-0.15, -0.1) is 0 Å². The molecule has 1 rings (SSSR count). The van der Waals surface area contributed by atoms with Gasteiger partial charge in [-0.25, -0.2) is 0 Å². The van der Waals surface area contributed by atoms with Crippen LogP contribution in [-0.2, 0) is 9.59 Å². The van der Waals surface area contributed by atoms with Gasteiger partial charge in [-0.2, -0.15) is 0 Å². The number of aliphatic carboxylic acids is 1. The molecule has 110 valence electrons. The maximum Gasteiger partial charge on any atom is 0.305 e.